The van der Waals surface area contributed by atoms with Gasteiger partial charge in [-0.05, 0) is 0 Å². The van der Waals surface area contributed by atoms with Crippen molar-refractivity contribution >= 4 is 29.1 Å². The quantitative estimate of drug-likeness (QED) is 0.459. The monoisotopic (exact) mass is 138 g/mol. The molecule has 6 heteroatoms. The van der Waals surface area contributed by atoms with Gasteiger partial charge in [0.15, 0.2) is 0 Å². The molecule has 9 heavy (non-hydrogen) atoms. The van der Waals surface area contributed by atoms with Crippen LogP contribution in [0.4, 0.5) is 10.1 Å². The van der Waals surface area contributed by atoms with Crippen LogP contribution in [0.2, 0.25) is 0 Å². The van der Waals surface area contributed by atoms with E-state index in [2.05, 4.69) is 15.1 Å². The second-order valence-corrected chi connectivity index (χ2v) is 2.19. The first-order chi connectivity index (χ1) is 4.36. The molecular formula is C3HBN3OS. The molecule has 1 aromatic rings. The minimum atomic E-state index is 0.152. The maximum atomic E-state index is 9.75. The fraction of sp³-hybridized carbons (Fsp3) is 0. The Labute approximate surface area is 56.0 Å². The predicted molar refractivity (Wildman–Crippen MR) is 35.4 cm³/mol. The van der Waals surface area contributed by atoms with Gasteiger partial charge in [0.2, 0.25) is 0 Å². The molecule has 0 aliphatic heterocycles. The van der Waals surface area contributed by atoms with Crippen LogP contribution in [0.25, 0.3) is 0 Å². The molecule has 0 bridgehead atoms. The summed E-state index contributed by atoms with van der Waals surface area (Å²) in [6, 6.07) is 0. The van der Waals surface area contributed by atoms with Crippen LogP contribution in [0.15, 0.2) is 16.3 Å². The normalized spacial score (nSPS) is 8.78. The van der Waals surface area contributed by atoms with E-state index in [0.29, 0.717) is 5.00 Å². The van der Waals surface area contributed by atoms with E-state index in [1.54, 1.807) is 0 Å². The van der Waals surface area contributed by atoms with E-state index in [0.717, 1.165) is 11.3 Å². The Morgan fingerprint density at radius 1 is 1.78 bits per heavy atom. The number of rotatable bonds is 2. The molecule has 0 atom stereocenters. The summed E-state index contributed by atoms with van der Waals surface area (Å²) in [4.78, 5) is 16.6. The van der Waals surface area contributed by atoms with Crippen molar-refractivity contribution in [2.24, 2.45) is 10.1 Å². The van der Waals surface area contributed by atoms with Gasteiger partial charge in [-0.15, -0.1) is 0 Å². The summed E-state index contributed by atoms with van der Waals surface area (Å²) in [5, 5.41) is 3.24. The van der Waals surface area contributed by atoms with E-state index < -0.39 is 0 Å². The Balaban J connectivity index is 2.98. The molecule has 0 unspecified atom stereocenters. The molecule has 1 heterocycles. The van der Waals surface area contributed by atoms with E-state index >= 15 is 0 Å². The van der Waals surface area contributed by atoms with Gasteiger partial charge in [0.1, 0.15) is 0 Å². The minimum absolute atomic E-state index is 0.152. The molecule has 0 N–H and O–H groups in total. The molecule has 1 radical (unpaired) electrons. The van der Waals surface area contributed by atoms with Gasteiger partial charge in [-0.1, -0.05) is 0 Å². The zero-order valence-corrected chi connectivity index (χ0v) is 5.13. The molecule has 43 valence electrons. The van der Waals surface area contributed by atoms with E-state index in [1.807, 2.05) is 0 Å². The Morgan fingerprint density at radius 3 is 2.89 bits per heavy atom. The molecule has 0 spiro atoms. The summed E-state index contributed by atoms with van der Waals surface area (Å²) in [6.45, 7) is 0. The third-order valence-electron chi connectivity index (χ3n) is 0.687. The number of hydrogen-bond donors (Lipinski definition) is 0. The summed E-state index contributed by atoms with van der Waals surface area (Å²) < 4.78 is 0. The van der Waals surface area contributed by atoms with Crippen molar-refractivity contribution < 1.29 is 0 Å². The molecule has 0 saturated carbocycles. The molecule has 0 aliphatic carbocycles. The van der Waals surface area contributed by atoms with Gasteiger partial charge in [0.25, 0.3) is 0 Å². The molecule has 0 amide bonds. The zero-order chi connectivity index (χ0) is 6.69. The first kappa shape index (κ1) is 6.22. The van der Waals surface area contributed by atoms with E-state index in [4.69, 9.17) is 7.64 Å². The summed E-state index contributed by atoms with van der Waals surface area (Å²) in [5.74, 6) is 0. The molecule has 0 aromatic carbocycles. The van der Waals surface area contributed by atoms with Crippen molar-refractivity contribution in [3.63, 3.8) is 0 Å². The third-order valence-corrected chi connectivity index (χ3v) is 1.47. The number of hydrogen-bond acceptors (Lipinski definition) is 5. The second-order valence-electron chi connectivity index (χ2n) is 1.20. The summed E-state index contributed by atoms with van der Waals surface area (Å²) in [5.41, 5.74) is 0. The van der Waals surface area contributed by atoms with Gasteiger partial charge >= 0.3 is 55.3 Å². The molecule has 1 rings (SSSR count). The predicted octanol–water partition coefficient (Wildman–Crippen LogP) is 1.52. The molecule has 0 aliphatic rings. The number of nitroso groups, excluding NO2 is 1. The Bertz CT molecular complexity index is 212. The third kappa shape index (κ3) is 1.26. The molecular weight excluding hydrogens is 137 g/mol. The van der Waals surface area contributed by atoms with E-state index in [1.165, 1.54) is 6.20 Å². The SMILES string of the molecule is [B]=Nc1cnc(N=O)s1. The fourth-order valence-electron chi connectivity index (χ4n) is 0.359. The van der Waals surface area contributed by atoms with Crippen molar-refractivity contribution in [2.75, 3.05) is 0 Å². The van der Waals surface area contributed by atoms with Crippen LogP contribution in [-0.2, 0) is 0 Å². The average Bonchev–Trinajstić information content (AvgIpc) is 2.34. The van der Waals surface area contributed by atoms with Crippen LogP contribution < -0.4 is 0 Å². The van der Waals surface area contributed by atoms with Crippen LogP contribution in [0, 0.1) is 4.91 Å². The molecule has 1 aromatic heterocycles. The summed E-state index contributed by atoms with van der Waals surface area (Å²) in [7, 11) is 4.87. The van der Waals surface area contributed by atoms with Crippen molar-refractivity contribution in [3.05, 3.63) is 11.1 Å². The van der Waals surface area contributed by atoms with Gasteiger partial charge in [0, 0.05) is 0 Å². The van der Waals surface area contributed by atoms with Gasteiger partial charge in [0.05, 0.1) is 0 Å². The number of nitrogens with zero attached hydrogens (tertiary/aromatic N) is 3. The standard InChI is InChI=1S/C3HBN3OS/c4-6-2-1-5-3(7-8)9-2/h1H. The maximum absolute atomic E-state index is 9.75. The molecule has 4 nitrogen and oxygen atoms in total. The van der Waals surface area contributed by atoms with Crippen molar-refractivity contribution in [2.45, 2.75) is 0 Å². The van der Waals surface area contributed by atoms with Gasteiger partial charge in [-0.25, -0.2) is 0 Å². The van der Waals surface area contributed by atoms with Crippen LogP contribution in [-0.4, -0.2) is 12.6 Å². The second kappa shape index (κ2) is 2.59. The molecule has 0 saturated heterocycles. The number of thiazole rings is 1. The number of aromatic nitrogens is 1. The Kier molecular flexibility index (Phi) is 1.79. The first-order valence-electron chi connectivity index (χ1n) is 2.07. The van der Waals surface area contributed by atoms with Crippen LogP contribution >= 0.6 is 11.3 Å². The van der Waals surface area contributed by atoms with Crippen LogP contribution in [0.1, 0.15) is 0 Å². The summed E-state index contributed by atoms with van der Waals surface area (Å²) in [6.07, 6.45) is 1.39. The van der Waals surface area contributed by atoms with Crippen molar-refractivity contribution in [1.29, 1.82) is 0 Å². The Hall–Kier alpha value is -0.905. The van der Waals surface area contributed by atoms with Gasteiger partial charge < -0.3 is 0 Å². The molecule has 0 fully saturated rings. The van der Waals surface area contributed by atoms with Crippen LogP contribution in [0.3, 0.4) is 0 Å². The van der Waals surface area contributed by atoms with Gasteiger partial charge in [-0.3, -0.25) is 0 Å². The van der Waals surface area contributed by atoms with Crippen molar-refractivity contribution in [1.82, 2.24) is 4.98 Å². The summed E-state index contributed by atoms with van der Waals surface area (Å²) >= 11 is 1.05. The van der Waals surface area contributed by atoms with E-state index in [-0.39, 0.29) is 5.13 Å². The van der Waals surface area contributed by atoms with E-state index in [9.17, 15) is 4.91 Å². The van der Waals surface area contributed by atoms with Gasteiger partial charge in [-0.2, -0.15) is 0 Å². The Morgan fingerprint density at radius 2 is 2.56 bits per heavy atom. The first-order valence-corrected chi connectivity index (χ1v) is 2.88. The topological polar surface area (TPSA) is 54.7 Å². The average molecular weight is 138 g/mol. The zero-order valence-electron chi connectivity index (χ0n) is 4.31. The van der Waals surface area contributed by atoms with Crippen LogP contribution in [0.5, 0.6) is 0 Å². The fourth-order valence-corrected chi connectivity index (χ4v) is 0.846. The van der Waals surface area contributed by atoms with Crippen molar-refractivity contribution in [3.8, 4) is 0 Å².